The van der Waals surface area contributed by atoms with Gasteiger partial charge in [-0.3, -0.25) is 10.1 Å². The first-order chi connectivity index (χ1) is 14.5. The maximum atomic E-state index is 13.1. The summed E-state index contributed by atoms with van der Waals surface area (Å²) in [5.74, 6) is 0.113. The Morgan fingerprint density at radius 1 is 0.812 bits per heavy atom. The van der Waals surface area contributed by atoms with E-state index in [1.54, 1.807) is 0 Å². The molecule has 2 aliphatic heterocycles. The van der Waals surface area contributed by atoms with Crippen LogP contribution in [0.25, 0.3) is 0 Å². The monoisotopic (exact) mass is 442 g/mol. The zero-order chi connectivity index (χ0) is 24.1. The number of hydrogen-bond donors (Lipinski definition) is 4. The van der Waals surface area contributed by atoms with Gasteiger partial charge in [0.15, 0.2) is 0 Å². The molecule has 0 unspecified atom stereocenters. The van der Waals surface area contributed by atoms with E-state index < -0.39 is 11.9 Å². The van der Waals surface area contributed by atoms with Crippen molar-refractivity contribution in [2.24, 2.45) is 5.73 Å². The number of carbonyl (C=O) groups excluding carboxylic acids is 2. The Kier molecular flexibility index (Phi) is 6.29. The van der Waals surface area contributed by atoms with Crippen LogP contribution in [0.5, 0.6) is 0 Å². The summed E-state index contributed by atoms with van der Waals surface area (Å²) in [6.07, 6.45) is 3.81. The quantitative estimate of drug-likeness (QED) is 0.552. The summed E-state index contributed by atoms with van der Waals surface area (Å²) in [5.41, 5.74) is 8.06. The molecule has 6 nitrogen and oxygen atoms in total. The predicted molar refractivity (Wildman–Crippen MR) is 130 cm³/mol. The Balaban J connectivity index is 2.16. The molecule has 0 atom stereocenters. The molecule has 2 aliphatic rings. The molecule has 178 valence electrons. The molecule has 0 aliphatic carbocycles. The Morgan fingerprint density at radius 2 is 1.25 bits per heavy atom. The van der Waals surface area contributed by atoms with Crippen molar-refractivity contribution in [2.45, 2.75) is 115 Å². The van der Waals surface area contributed by atoms with Gasteiger partial charge in [-0.05, 0) is 110 Å². The highest BCUT2D eigenvalue weighted by molar-refractivity contribution is 6.05. The first-order valence-corrected chi connectivity index (χ1v) is 11.8. The lowest BCUT2D eigenvalue weighted by atomic mass is 9.67. The summed E-state index contributed by atoms with van der Waals surface area (Å²) in [4.78, 5) is 24.6. The molecule has 0 bridgehead atoms. The van der Waals surface area contributed by atoms with Gasteiger partial charge in [-0.25, -0.2) is 4.79 Å². The number of imide groups is 1. The second-order valence-electron chi connectivity index (χ2n) is 12.6. The highest BCUT2D eigenvalue weighted by Gasteiger charge is 2.43. The minimum atomic E-state index is -0.818. The summed E-state index contributed by atoms with van der Waals surface area (Å²) in [6.45, 7) is 17.9. The van der Waals surface area contributed by atoms with E-state index in [0.717, 1.165) is 31.2 Å². The average Bonchev–Trinajstić information content (AvgIpc) is 2.55. The first-order valence-electron chi connectivity index (χ1n) is 11.8. The lowest BCUT2D eigenvalue weighted by Crippen LogP contribution is -2.58. The van der Waals surface area contributed by atoms with Gasteiger partial charge < -0.3 is 16.4 Å². The summed E-state index contributed by atoms with van der Waals surface area (Å²) >= 11 is 0. The number of nitrogens with two attached hydrogens (primary N) is 1. The molecule has 2 fully saturated rings. The number of benzene rings is 1. The smallest absolute Gasteiger partial charge is 0.319 e. The van der Waals surface area contributed by atoms with Crippen LogP contribution in [-0.4, -0.2) is 34.1 Å². The number of piperidine rings is 2. The van der Waals surface area contributed by atoms with Gasteiger partial charge in [-0.15, -0.1) is 0 Å². The van der Waals surface area contributed by atoms with Gasteiger partial charge in [-0.2, -0.15) is 0 Å². The van der Waals surface area contributed by atoms with Gasteiger partial charge >= 0.3 is 6.03 Å². The third-order valence-electron chi connectivity index (χ3n) is 6.85. The number of amides is 3. The van der Waals surface area contributed by atoms with E-state index in [-0.39, 0.29) is 28.1 Å². The fraction of sp³-hybridized carbons (Fsp3) is 0.692. The van der Waals surface area contributed by atoms with E-state index in [1.165, 1.54) is 5.56 Å². The average molecular weight is 443 g/mol. The molecule has 1 aromatic carbocycles. The molecule has 2 heterocycles. The van der Waals surface area contributed by atoms with E-state index >= 15 is 0 Å². The molecular weight excluding hydrogens is 400 g/mol. The van der Waals surface area contributed by atoms with Crippen LogP contribution in [0.1, 0.15) is 114 Å². The fourth-order valence-electron chi connectivity index (χ4n) is 6.84. The van der Waals surface area contributed by atoms with Gasteiger partial charge in [0.1, 0.15) is 0 Å². The number of rotatable bonds is 3. The lowest BCUT2D eigenvalue weighted by molar-refractivity contribution is 0.0961. The standard InChI is InChI=1S/C26H42N4O2/c1-23(2)12-16(13-24(3,4)29-23)18-10-9-11-19(21(31)28-22(27)32)20(18)17-14-25(5,6)30-26(7,8)15-17/h9-11,16-17,29-30H,12-15H2,1-8H3,(H3,27,28,31,32). The van der Waals surface area contributed by atoms with Crippen LogP contribution in [0.2, 0.25) is 0 Å². The summed E-state index contributed by atoms with van der Waals surface area (Å²) in [7, 11) is 0. The van der Waals surface area contributed by atoms with Crippen molar-refractivity contribution in [2.75, 3.05) is 0 Å². The number of urea groups is 1. The normalized spacial score (nSPS) is 24.6. The molecule has 0 aromatic heterocycles. The molecule has 3 rings (SSSR count). The SMILES string of the molecule is CC1(C)CC(c2cccc(C(=O)NC(N)=O)c2C2CC(C)(C)NC(C)(C)C2)CC(C)(C)N1. The fourth-order valence-corrected chi connectivity index (χ4v) is 6.84. The topological polar surface area (TPSA) is 96.2 Å². The molecular formula is C26H42N4O2. The van der Waals surface area contributed by atoms with Crippen molar-refractivity contribution < 1.29 is 9.59 Å². The van der Waals surface area contributed by atoms with Crippen LogP contribution in [0.15, 0.2) is 18.2 Å². The molecule has 0 spiro atoms. The van der Waals surface area contributed by atoms with E-state index in [4.69, 9.17) is 5.73 Å². The van der Waals surface area contributed by atoms with Gasteiger partial charge in [0.25, 0.3) is 5.91 Å². The Morgan fingerprint density at radius 3 is 1.69 bits per heavy atom. The highest BCUT2D eigenvalue weighted by Crippen LogP contribution is 2.47. The second kappa shape index (κ2) is 8.14. The van der Waals surface area contributed by atoms with E-state index in [9.17, 15) is 9.59 Å². The van der Waals surface area contributed by atoms with Crippen molar-refractivity contribution in [1.82, 2.24) is 16.0 Å². The lowest BCUT2D eigenvalue weighted by Gasteiger charge is -2.49. The van der Waals surface area contributed by atoms with Gasteiger partial charge in [0, 0.05) is 27.7 Å². The maximum Gasteiger partial charge on any atom is 0.319 e. The summed E-state index contributed by atoms with van der Waals surface area (Å²) in [6, 6.07) is 5.17. The zero-order valence-corrected chi connectivity index (χ0v) is 21.1. The molecule has 6 heteroatoms. The van der Waals surface area contributed by atoms with Crippen molar-refractivity contribution in [3.05, 3.63) is 34.9 Å². The predicted octanol–water partition coefficient (Wildman–Crippen LogP) is 4.54. The van der Waals surface area contributed by atoms with Crippen molar-refractivity contribution in [3.8, 4) is 0 Å². The van der Waals surface area contributed by atoms with E-state index in [0.29, 0.717) is 11.5 Å². The van der Waals surface area contributed by atoms with Crippen LogP contribution in [-0.2, 0) is 0 Å². The van der Waals surface area contributed by atoms with Crippen molar-refractivity contribution in [3.63, 3.8) is 0 Å². The Labute approximate surface area is 193 Å². The first kappa shape index (κ1) is 24.7. The largest absolute Gasteiger partial charge is 0.351 e. The molecule has 3 amide bonds. The number of hydrogen-bond acceptors (Lipinski definition) is 4. The third-order valence-corrected chi connectivity index (χ3v) is 6.85. The summed E-state index contributed by atoms with van der Waals surface area (Å²) < 4.78 is 0. The van der Waals surface area contributed by atoms with Crippen LogP contribution in [0.4, 0.5) is 4.79 Å². The molecule has 0 radical (unpaired) electrons. The van der Waals surface area contributed by atoms with Crippen LogP contribution in [0.3, 0.4) is 0 Å². The van der Waals surface area contributed by atoms with E-state index in [1.807, 2.05) is 12.1 Å². The Hall–Kier alpha value is -1.92. The number of carbonyl (C=O) groups is 2. The minimum Gasteiger partial charge on any atom is -0.351 e. The second-order valence-corrected chi connectivity index (χ2v) is 12.6. The molecule has 0 saturated carbocycles. The van der Waals surface area contributed by atoms with Gasteiger partial charge in [-0.1, -0.05) is 12.1 Å². The molecule has 32 heavy (non-hydrogen) atoms. The van der Waals surface area contributed by atoms with E-state index in [2.05, 4.69) is 77.4 Å². The van der Waals surface area contributed by atoms with Crippen molar-refractivity contribution >= 4 is 11.9 Å². The van der Waals surface area contributed by atoms with Gasteiger partial charge in [0.2, 0.25) is 0 Å². The van der Waals surface area contributed by atoms with Crippen LogP contribution < -0.4 is 21.7 Å². The Bertz CT molecular complexity index is 869. The number of nitrogens with one attached hydrogen (secondary N) is 3. The number of primary amides is 1. The van der Waals surface area contributed by atoms with Crippen LogP contribution >= 0.6 is 0 Å². The maximum absolute atomic E-state index is 13.1. The van der Waals surface area contributed by atoms with Crippen molar-refractivity contribution in [1.29, 1.82) is 0 Å². The third kappa shape index (κ3) is 5.70. The molecule has 5 N–H and O–H groups in total. The minimum absolute atomic E-state index is 0.0121. The molecule has 1 aromatic rings. The summed E-state index contributed by atoms with van der Waals surface area (Å²) in [5, 5.41) is 9.84. The van der Waals surface area contributed by atoms with Gasteiger partial charge in [0.05, 0.1) is 0 Å². The zero-order valence-electron chi connectivity index (χ0n) is 21.1. The van der Waals surface area contributed by atoms with Crippen LogP contribution in [0, 0.1) is 0 Å². The molecule has 2 saturated heterocycles. The highest BCUT2D eigenvalue weighted by atomic mass is 16.2.